The number of hydrogen-bond donors (Lipinski definition) is 1. The van der Waals surface area contributed by atoms with Gasteiger partial charge in [0.25, 0.3) is 5.91 Å². The van der Waals surface area contributed by atoms with E-state index in [9.17, 15) is 9.18 Å². The highest BCUT2D eigenvalue weighted by Crippen LogP contribution is 2.28. The summed E-state index contributed by atoms with van der Waals surface area (Å²) in [4.78, 5) is 14.7. The molecule has 1 unspecified atom stereocenters. The number of carbonyl (C=O) groups excluding carboxylic acids is 1. The van der Waals surface area contributed by atoms with Gasteiger partial charge in [0.2, 0.25) is 0 Å². The van der Waals surface area contributed by atoms with Crippen molar-refractivity contribution >= 4 is 16.8 Å². The van der Waals surface area contributed by atoms with E-state index in [1.807, 2.05) is 22.0 Å². The Labute approximate surface area is 173 Å². The van der Waals surface area contributed by atoms with Gasteiger partial charge in [-0.1, -0.05) is 6.07 Å². The van der Waals surface area contributed by atoms with Gasteiger partial charge in [-0.25, -0.2) is 4.39 Å². The van der Waals surface area contributed by atoms with Crippen LogP contribution in [0.3, 0.4) is 0 Å². The van der Waals surface area contributed by atoms with Gasteiger partial charge < -0.3 is 4.90 Å². The zero-order valence-corrected chi connectivity index (χ0v) is 16.6. The van der Waals surface area contributed by atoms with Gasteiger partial charge in [0.15, 0.2) is 0 Å². The van der Waals surface area contributed by atoms with Crippen molar-refractivity contribution in [3.05, 3.63) is 72.4 Å². The minimum absolute atomic E-state index is 0.0416. The molecule has 2 aromatic carbocycles. The van der Waals surface area contributed by atoms with Crippen LogP contribution in [0, 0.1) is 11.7 Å². The molecule has 1 saturated heterocycles. The molecule has 0 aliphatic carbocycles. The third-order valence-corrected chi connectivity index (χ3v) is 5.92. The Hall–Kier alpha value is -3.48. The molecule has 152 valence electrons. The first-order valence-electron chi connectivity index (χ1n) is 10.1. The summed E-state index contributed by atoms with van der Waals surface area (Å²) >= 11 is 0. The lowest BCUT2D eigenvalue weighted by Gasteiger charge is -2.21. The number of aromatic nitrogens is 4. The smallest absolute Gasteiger partial charge is 0.254 e. The summed E-state index contributed by atoms with van der Waals surface area (Å²) in [5, 5.41) is 12.5. The number of halogens is 1. The summed E-state index contributed by atoms with van der Waals surface area (Å²) < 4.78 is 15.2. The second kappa shape index (κ2) is 7.40. The van der Waals surface area contributed by atoms with Crippen LogP contribution in [0.15, 0.2) is 61.1 Å². The van der Waals surface area contributed by atoms with Crippen LogP contribution in [0.25, 0.3) is 22.0 Å². The molecule has 0 saturated carbocycles. The van der Waals surface area contributed by atoms with Crippen molar-refractivity contribution in [3.63, 3.8) is 0 Å². The Morgan fingerprint density at radius 1 is 1.17 bits per heavy atom. The molecule has 1 amide bonds. The molecule has 0 spiro atoms. The lowest BCUT2D eigenvalue weighted by molar-refractivity contribution is 0.0742. The first kappa shape index (κ1) is 18.5. The van der Waals surface area contributed by atoms with Crippen molar-refractivity contribution in [2.24, 2.45) is 5.92 Å². The zero-order valence-electron chi connectivity index (χ0n) is 16.6. The van der Waals surface area contributed by atoms with Crippen LogP contribution in [-0.2, 0) is 6.54 Å². The average Bonchev–Trinajstić information content (AvgIpc) is 3.49. The number of amides is 1. The molecule has 5 rings (SSSR count). The number of benzene rings is 2. The van der Waals surface area contributed by atoms with E-state index in [2.05, 4.69) is 40.4 Å². The van der Waals surface area contributed by atoms with Crippen LogP contribution in [0.5, 0.6) is 0 Å². The van der Waals surface area contributed by atoms with Gasteiger partial charge >= 0.3 is 0 Å². The number of nitrogens with zero attached hydrogens (tertiary/aromatic N) is 4. The highest BCUT2D eigenvalue weighted by atomic mass is 19.1. The highest BCUT2D eigenvalue weighted by Gasteiger charge is 2.33. The quantitative estimate of drug-likeness (QED) is 0.557. The van der Waals surface area contributed by atoms with E-state index < -0.39 is 0 Å². The maximum atomic E-state index is 13.2. The van der Waals surface area contributed by atoms with Gasteiger partial charge in [0, 0.05) is 41.8 Å². The number of H-pyrrole nitrogens is 1. The summed E-state index contributed by atoms with van der Waals surface area (Å²) in [7, 11) is 0. The molecule has 3 heterocycles. The van der Waals surface area contributed by atoms with Gasteiger partial charge in [-0.3, -0.25) is 14.6 Å². The molecular weight excluding hydrogens is 381 g/mol. The molecule has 1 N–H and O–H groups in total. The molecule has 0 bridgehead atoms. The highest BCUT2D eigenvalue weighted by molar-refractivity contribution is 5.94. The number of hydrogen-bond acceptors (Lipinski definition) is 3. The van der Waals surface area contributed by atoms with Gasteiger partial charge in [-0.15, -0.1) is 0 Å². The fourth-order valence-electron chi connectivity index (χ4n) is 4.38. The Kier molecular flexibility index (Phi) is 4.58. The van der Waals surface area contributed by atoms with E-state index in [4.69, 9.17) is 0 Å². The van der Waals surface area contributed by atoms with E-state index in [0.29, 0.717) is 18.0 Å². The monoisotopic (exact) mass is 403 g/mol. The molecule has 1 fully saturated rings. The molecule has 2 atom stereocenters. The third kappa shape index (κ3) is 3.36. The largest absolute Gasteiger partial charge is 0.336 e. The number of carbonyl (C=O) groups is 1. The van der Waals surface area contributed by atoms with Gasteiger partial charge in [-0.05, 0) is 61.2 Å². The van der Waals surface area contributed by atoms with Gasteiger partial charge in [0.1, 0.15) is 5.82 Å². The van der Waals surface area contributed by atoms with Crippen LogP contribution < -0.4 is 0 Å². The molecule has 30 heavy (non-hydrogen) atoms. The Morgan fingerprint density at radius 2 is 2.00 bits per heavy atom. The number of aromatic amines is 1. The van der Waals surface area contributed by atoms with Crippen molar-refractivity contribution < 1.29 is 9.18 Å². The molecule has 1 aliphatic heterocycles. The van der Waals surface area contributed by atoms with Crippen LogP contribution in [0.2, 0.25) is 0 Å². The summed E-state index contributed by atoms with van der Waals surface area (Å²) in [6.45, 7) is 3.50. The predicted octanol–water partition coefficient (Wildman–Crippen LogP) is 4.12. The second-order valence-electron chi connectivity index (χ2n) is 8.00. The van der Waals surface area contributed by atoms with Crippen molar-refractivity contribution in [1.82, 2.24) is 24.9 Å². The Balaban J connectivity index is 1.32. The topological polar surface area (TPSA) is 66.8 Å². The normalized spacial score (nSPS) is 18.9. The molecule has 7 heteroatoms. The second-order valence-corrected chi connectivity index (χ2v) is 8.00. The number of nitrogens with one attached hydrogen (secondary N) is 1. The first-order chi connectivity index (χ1) is 14.6. The van der Waals surface area contributed by atoms with E-state index in [1.54, 1.807) is 18.3 Å². The minimum atomic E-state index is -0.333. The Morgan fingerprint density at radius 3 is 2.77 bits per heavy atom. The van der Waals surface area contributed by atoms with Crippen LogP contribution >= 0.6 is 0 Å². The molecular formula is C23H22FN5O. The zero-order chi connectivity index (χ0) is 20.7. The minimum Gasteiger partial charge on any atom is -0.336 e. The van der Waals surface area contributed by atoms with Crippen LogP contribution in [0.4, 0.5) is 4.39 Å². The lowest BCUT2D eigenvalue weighted by atomic mass is 10.1. The van der Waals surface area contributed by atoms with Crippen molar-refractivity contribution in [1.29, 1.82) is 0 Å². The van der Waals surface area contributed by atoms with Gasteiger partial charge in [-0.2, -0.15) is 10.2 Å². The molecule has 0 radical (unpaired) electrons. The molecule has 1 aliphatic rings. The first-order valence-corrected chi connectivity index (χ1v) is 10.1. The summed E-state index contributed by atoms with van der Waals surface area (Å²) in [5.41, 5.74) is 3.75. The van der Waals surface area contributed by atoms with Crippen molar-refractivity contribution in [2.45, 2.75) is 25.9 Å². The fraction of sp³-hybridized carbons (Fsp3) is 0.261. The van der Waals surface area contributed by atoms with E-state index in [1.165, 1.54) is 12.1 Å². The van der Waals surface area contributed by atoms with E-state index >= 15 is 0 Å². The fourth-order valence-corrected chi connectivity index (χ4v) is 4.38. The standard InChI is InChI=1S/C23H22FN5O/c1-15-8-16(13-28(15)23(30)17-2-5-21(24)6-3-17)14-29-22-7-4-18(9-19(22)12-27-29)20-10-25-26-11-20/h2-7,9-12,15-16H,8,13-14H2,1H3,(H,25,26)/t15-,16?/m1/s1. The van der Waals surface area contributed by atoms with Crippen molar-refractivity contribution in [3.8, 4) is 11.1 Å². The molecule has 2 aromatic heterocycles. The number of likely N-dealkylation sites (tertiary alicyclic amines) is 1. The molecule has 6 nitrogen and oxygen atoms in total. The number of fused-ring (bicyclic) bond motifs is 1. The van der Waals surface area contributed by atoms with E-state index in [0.717, 1.165) is 35.0 Å². The van der Waals surface area contributed by atoms with E-state index in [-0.39, 0.29) is 17.8 Å². The Bertz CT molecular complexity index is 1180. The maximum Gasteiger partial charge on any atom is 0.254 e. The lowest BCUT2D eigenvalue weighted by Crippen LogP contribution is -2.34. The number of rotatable bonds is 4. The maximum absolute atomic E-state index is 13.2. The van der Waals surface area contributed by atoms with Crippen LogP contribution in [-0.4, -0.2) is 43.4 Å². The van der Waals surface area contributed by atoms with Gasteiger partial charge in [0.05, 0.1) is 17.9 Å². The third-order valence-electron chi connectivity index (χ3n) is 5.92. The summed E-state index contributed by atoms with van der Waals surface area (Å²) in [6.07, 6.45) is 6.48. The predicted molar refractivity (Wildman–Crippen MR) is 112 cm³/mol. The summed E-state index contributed by atoms with van der Waals surface area (Å²) in [6, 6.07) is 12.2. The molecule has 4 aromatic rings. The average molecular weight is 403 g/mol. The SMILES string of the molecule is C[C@@H]1CC(Cn2ncc3cc(-c4cn[nH]c4)ccc32)CN1C(=O)c1ccc(F)cc1. The summed E-state index contributed by atoms with van der Waals surface area (Å²) in [5.74, 6) is -0.0542. The van der Waals surface area contributed by atoms with Crippen molar-refractivity contribution in [2.75, 3.05) is 6.54 Å². The van der Waals surface area contributed by atoms with Crippen LogP contribution in [0.1, 0.15) is 23.7 Å².